The van der Waals surface area contributed by atoms with Crippen molar-refractivity contribution in [3.8, 4) is 17.6 Å². The average molecular weight is 243 g/mol. The summed E-state index contributed by atoms with van der Waals surface area (Å²) >= 11 is 0. The van der Waals surface area contributed by atoms with E-state index in [-0.39, 0.29) is 6.10 Å². The fourth-order valence-corrected chi connectivity index (χ4v) is 1.99. The van der Waals surface area contributed by atoms with Gasteiger partial charge in [-0.2, -0.15) is 5.26 Å². The summed E-state index contributed by atoms with van der Waals surface area (Å²) in [5.41, 5.74) is 0.588. The number of hydrogen-bond donors (Lipinski definition) is 0. The van der Waals surface area contributed by atoms with Crippen molar-refractivity contribution in [1.29, 1.82) is 5.26 Å². The molecule has 3 heteroatoms. The van der Waals surface area contributed by atoms with Crippen molar-refractivity contribution >= 4 is 0 Å². The van der Waals surface area contributed by atoms with Gasteiger partial charge in [0.2, 0.25) is 0 Å². The molecule has 1 unspecified atom stereocenters. The number of benzene rings is 1. The van der Waals surface area contributed by atoms with Gasteiger partial charge in [0.15, 0.2) is 11.5 Å². The molecule has 0 aromatic heterocycles. The Hall–Kier alpha value is -1.95. The van der Waals surface area contributed by atoms with Gasteiger partial charge >= 0.3 is 0 Å². The number of ether oxygens (including phenoxy) is 2. The van der Waals surface area contributed by atoms with Crippen molar-refractivity contribution in [3.63, 3.8) is 0 Å². The lowest BCUT2D eigenvalue weighted by molar-refractivity contribution is 0.214. The van der Waals surface area contributed by atoms with Crippen LogP contribution in [-0.2, 0) is 0 Å². The third-order valence-electron chi connectivity index (χ3n) is 2.86. The lowest BCUT2D eigenvalue weighted by Gasteiger charge is -2.20. The predicted octanol–water partition coefficient (Wildman–Crippen LogP) is 3.44. The van der Waals surface area contributed by atoms with E-state index < -0.39 is 0 Å². The highest BCUT2D eigenvalue weighted by molar-refractivity contribution is 5.47. The van der Waals surface area contributed by atoms with Gasteiger partial charge in [-0.25, -0.2) is 0 Å². The number of nitriles is 1. The average Bonchev–Trinajstić information content (AvgIpc) is 2.42. The van der Waals surface area contributed by atoms with E-state index in [4.69, 9.17) is 14.7 Å². The summed E-state index contributed by atoms with van der Waals surface area (Å²) in [7, 11) is 0. The molecule has 0 N–H and O–H groups in total. The summed E-state index contributed by atoms with van der Waals surface area (Å²) in [6, 6.07) is 7.40. The standard InChI is InChI=1S/C15H17NO2/c1-2-17-15-10-12(11-16)8-9-14(15)18-13-6-4-3-5-7-13/h4,6,8-10,13H,2-3,5,7H2,1H3. The number of hydrogen-bond acceptors (Lipinski definition) is 3. The smallest absolute Gasteiger partial charge is 0.162 e. The number of rotatable bonds is 4. The number of nitrogens with zero attached hydrogens (tertiary/aromatic N) is 1. The molecule has 0 aliphatic heterocycles. The minimum Gasteiger partial charge on any atom is -0.490 e. The molecule has 0 fully saturated rings. The summed E-state index contributed by atoms with van der Waals surface area (Å²) in [6.45, 7) is 2.48. The van der Waals surface area contributed by atoms with Crippen LogP contribution in [0.3, 0.4) is 0 Å². The van der Waals surface area contributed by atoms with Crippen LogP contribution in [0.5, 0.6) is 11.5 Å². The van der Waals surface area contributed by atoms with Crippen LogP contribution >= 0.6 is 0 Å². The molecule has 1 aromatic carbocycles. The molecule has 1 aliphatic carbocycles. The first-order valence-electron chi connectivity index (χ1n) is 6.33. The lowest BCUT2D eigenvalue weighted by Crippen LogP contribution is -2.16. The lowest BCUT2D eigenvalue weighted by atomic mass is 10.1. The zero-order valence-electron chi connectivity index (χ0n) is 10.6. The Balaban J connectivity index is 2.18. The molecule has 94 valence electrons. The topological polar surface area (TPSA) is 42.2 Å². The van der Waals surface area contributed by atoms with Gasteiger partial charge < -0.3 is 9.47 Å². The fourth-order valence-electron chi connectivity index (χ4n) is 1.99. The van der Waals surface area contributed by atoms with E-state index in [0.29, 0.717) is 23.7 Å². The second-order valence-corrected chi connectivity index (χ2v) is 4.22. The van der Waals surface area contributed by atoms with Gasteiger partial charge in [-0.05, 0) is 44.4 Å². The molecule has 0 saturated heterocycles. The normalized spacial score (nSPS) is 18.1. The third-order valence-corrected chi connectivity index (χ3v) is 2.86. The fraction of sp³-hybridized carbons (Fsp3) is 0.400. The first-order valence-corrected chi connectivity index (χ1v) is 6.33. The van der Waals surface area contributed by atoms with Gasteiger partial charge in [-0.3, -0.25) is 0 Å². The first kappa shape index (κ1) is 12.5. The SMILES string of the molecule is CCOc1cc(C#N)ccc1OC1C=CCCC1. The van der Waals surface area contributed by atoms with Gasteiger partial charge in [0, 0.05) is 6.07 Å². The molecule has 0 saturated carbocycles. The van der Waals surface area contributed by atoms with Gasteiger partial charge in [0.25, 0.3) is 0 Å². The monoisotopic (exact) mass is 243 g/mol. The van der Waals surface area contributed by atoms with Crippen LogP contribution in [0.4, 0.5) is 0 Å². The van der Waals surface area contributed by atoms with Crippen molar-refractivity contribution in [1.82, 2.24) is 0 Å². The summed E-state index contributed by atoms with van der Waals surface area (Å²) in [6.07, 6.45) is 7.68. The zero-order valence-corrected chi connectivity index (χ0v) is 10.6. The van der Waals surface area contributed by atoms with Crippen LogP contribution in [-0.4, -0.2) is 12.7 Å². The zero-order chi connectivity index (χ0) is 12.8. The molecular formula is C15H17NO2. The van der Waals surface area contributed by atoms with E-state index >= 15 is 0 Å². The Morgan fingerprint density at radius 3 is 2.94 bits per heavy atom. The molecule has 18 heavy (non-hydrogen) atoms. The highest BCUT2D eigenvalue weighted by Gasteiger charge is 2.13. The largest absolute Gasteiger partial charge is 0.490 e. The Bertz CT molecular complexity index is 474. The Morgan fingerprint density at radius 2 is 2.28 bits per heavy atom. The summed E-state index contributed by atoms with van der Waals surface area (Å²) in [5, 5.41) is 8.89. The predicted molar refractivity (Wildman–Crippen MR) is 69.7 cm³/mol. The minimum absolute atomic E-state index is 0.117. The van der Waals surface area contributed by atoms with Crippen LogP contribution in [0.25, 0.3) is 0 Å². The molecule has 0 bridgehead atoms. The molecule has 0 amide bonds. The summed E-state index contributed by atoms with van der Waals surface area (Å²) in [4.78, 5) is 0. The third kappa shape index (κ3) is 3.04. The number of allylic oxidation sites excluding steroid dienone is 1. The maximum Gasteiger partial charge on any atom is 0.162 e. The van der Waals surface area contributed by atoms with Crippen molar-refractivity contribution in [2.45, 2.75) is 32.3 Å². The van der Waals surface area contributed by atoms with Gasteiger partial charge in [0.05, 0.1) is 18.2 Å². The summed E-state index contributed by atoms with van der Waals surface area (Å²) in [5.74, 6) is 1.36. The van der Waals surface area contributed by atoms with Crippen LogP contribution in [0, 0.1) is 11.3 Å². The Labute approximate surface area is 108 Å². The van der Waals surface area contributed by atoms with Gasteiger partial charge in [-0.1, -0.05) is 6.08 Å². The molecule has 0 spiro atoms. The van der Waals surface area contributed by atoms with E-state index in [9.17, 15) is 0 Å². The molecule has 0 radical (unpaired) electrons. The quantitative estimate of drug-likeness (QED) is 0.761. The van der Waals surface area contributed by atoms with E-state index in [2.05, 4.69) is 18.2 Å². The molecule has 1 aromatic rings. The summed E-state index contributed by atoms with van der Waals surface area (Å²) < 4.78 is 11.4. The van der Waals surface area contributed by atoms with Crippen molar-refractivity contribution in [2.24, 2.45) is 0 Å². The maximum atomic E-state index is 8.89. The van der Waals surface area contributed by atoms with Gasteiger partial charge in [0.1, 0.15) is 6.10 Å². The second kappa shape index (κ2) is 6.11. The van der Waals surface area contributed by atoms with Gasteiger partial charge in [-0.15, -0.1) is 0 Å². The van der Waals surface area contributed by atoms with Crippen molar-refractivity contribution in [2.75, 3.05) is 6.61 Å². The van der Waals surface area contributed by atoms with Crippen LogP contribution in [0.1, 0.15) is 31.7 Å². The Morgan fingerprint density at radius 1 is 1.39 bits per heavy atom. The molecular weight excluding hydrogens is 226 g/mol. The maximum absolute atomic E-state index is 8.89. The molecule has 1 aliphatic rings. The van der Waals surface area contributed by atoms with Crippen LogP contribution in [0.2, 0.25) is 0 Å². The van der Waals surface area contributed by atoms with E-state index in [1.165, 1.54) is 0 Å². The van der Waals surface area contributed by atoms with Crippen molar-refractivity contribution in [3.05, 3.63) is 35.9 Å². The van der Waals surface area contributed by atoms with E-state index in [0.717, 1.165) is 19.3 Å². The highest BCUT2D eigenvalue weighted by Crippen LogP contribution is 2.30. The van der Waals surface area contributed by atoms with Crippen LogP contribution < -0.4 is 9.47 Å². The second-order valence-electron chi connectivity index (χ2n) is 4.22. The van der Waals surface area contributed by atoms with E-state index in [1.54, 1.807) is 12.1 Å². The highest BCUT2D eigenvalue weighted by atomic mass is 16.5. The van der Waals surface area contributed by atoms with E-state index in [1.807, 2.05) is 13.0 Å². The molecule has 3 nitrogen and oxygen atoms in total. The molecule has 1 atom stereocenters. The van der Waals surface area contributed by atoms with Crippen molar-refractivity contribution < 1.29 is 9.47 Å². The molecule has 0 heterocycles. The first-order chi connectivity index (χ1) is 8.83. The van der Waals surface area contributed by atoms with Crippen LogP contribution in [0.15, 0.2) is 30.4 Å². The Kier molecular flexibility index (Phi) is 4.25. The minimum atomic E-state index is 0.117. The molecule has 2 rings (SSSR count).